The van der Waals surface area contributed by atoms with E-state index in [1.54, 1.807) is 18.2 Å². The Morgan fingerprint density at radius 1 is 1.00 bits per heavy atom. The van der Waals surface area contributed by atoms with Gasteiger partial charge in [-0.05, 0) is 31.0 Å². The molecule has 0 amide bonds. The van der Waals surface area contributed by atoms with Crippen LogP contribution in [0, 0.1) is 22.7 Å². The van der Waals surface area contributed by atoms with Crippen molar-refractivity contribution in [2.24, 2.45) is 0 Å². The first-order valence-corrected chi connectivity index (χ1v) is 7.08. The average molecular weight is 291 g/mol. The van der Waals surface area contributed by atoms with Gasteiger partial charge >= 0.3 is 0 Å². The molecule has 4 nitrogen and oxygen atoms in total. The van der Waals surface area contributed by atoms with Crippen molar-refractivity contribution in [1.29, 1.82) is 10.5 Å². The van der Waals surface area contributed by atoms with E-state index in [1.807, 2.05) is 37.3 Å². The lowest BCUT2D eigenvalue weighted by atomic mass is 10.0. The number of hydrogen-bond acceptors (Lipinski definition) is 4. The molecule has 2 N–H and O–H groups in total. The summed E-state index contributed by atoms with van der Waals surface area (Å²) in [5.74, 6) is 0. The minimum Gasteiger partial charge on any atom is -0.388 e. The van der Waals surface area contributed by atoms with E-state index in [0.29, 0.717) is 23.2 Å². The van der Waals surface area contributed by atoms with Crippen LogP contribution in [0.5, 0.6) is 0 Å². The lowest BCUT2D eigenvalue weighted by Crippen LogP contribution is -2.20. The van der Waals surface area contributed by atoms with E-state index in [4.69, 9.17) is 10.5 Å². The topological polar surface area (TPSA) is 79.8 Å². The van der Waals surface area contributed by atoms with Gasteiger partial charge in [-0.25, -0.2) is 0 Å². The van der Waals surface area contributed by atoms with Crippen molar-refractivity contribution in [1.82, 2.24) is 0 Å². The van der Waals surface area contributed by atoms with Gasteiger partial charge in [0.1, 0.15) is 12.1 Å². The molecule has 2 rings (SSSR count). The molecule has 0 radical (unpaired) electrons. The van der Waals surface area contributed by atoms with E-state index in [1.165, 1.54) is 0 Å². The molecule has 0 aliphatic rings. The number of aliphatic hydroxyl groups excluding tert-OH is 1. The molecule has 2 aromatic carbocycles. The summed E-state index contributed by atoms with van der Waals surface area (Å²) in [7, 11) is 0. The molecule has 0 heterocycles. The van der Waals surface area contributed by atoms with Crippen molar-refractivity contribution < 1.29 is 5.11 Å². The second-order valence-corrected chi connectivity index (χ2v) is 5.16. The van der Waals surface area contributed by atoms with Gasteiger partial charge < -0.3 is 10.4 Å². The van der Waals surface area contributed by atoms with Crippen molar-refractivity contribution >= 4 is 5.69 Å². The Morgan fingerprint density at radius 3 is 2.14 bits per heavy atom. The fraction of sp³-hybridized carbons (Fsp3) is 0.222. The van der Waals surface area contributed by atoms with E-state index >= 15 is 0 Å². The average Bonchev–Trinajstić information content (AvgIpc) is 2.55. The number of rotatable bonds is 5. The van der Waals surface area contributed by atoms with E-state index in [2.05, 4.69) is 17.5 Å². The van der Waals surface area contributed by atoms with E-state index in [-0.39, 0.29) is 6.04 Å². The number of nitrogens with one attached hydrogen (secondary N) is 1. The fourth-order valence-electron chi connectivity index (χ4n) is 2.35. The third-order valence-electron chi connectivity index (χ3n) is 3.46. The van der Waals surface area contributed by atoms with Crippen LogP contribution in [0.25, 0.3) is 0 Å². The van der Waals surface area contributed by atoms with Crippen LogP contribution in [0.4, 0.5) is 5.69 Å². The summed E-state index contributed by atoms with van der Waals surface area (Å²) in [6.45, 7) is 1.92. The second kappa shape index (κ2) is 7.26. The van der Waals surface area contributed by atoms with Crippen LogP contribution in [-0.4, -0.2) is 11.1 Å². The predicted octanol–water partition coefficient (Wildman–Crippen LogP) is 3.35. The summed E-state index contributed by atoms with van der Waals surface area (Å²) in [4.78, 5) is 0. The highest BCUT2D eigenvalue weighted by Gasteiger charge is 2.15. The van der Waals surface area contributed by atoms with Crippen molar-refractivity contribution in [2.75, 3.05) is 5.32 Å². The van der Waals surface area contributed by atoms with Crippen LogP contribution in [0.1, 0.15) is 36.1 Å². The molecule has 0 spiro atoms. The second-order valence-electron chi connectivity index (χ2n) is 5.16. The quantitative estimate of drug-likeness (QED) is 0.885. The molecule has 0 bridgehead atoms. The van der Waals surface area contributed by atoms with Gasteiger partial charge in [0.15, 0.2) is 0 Å². The lowest BCUT2D eigenvalue weighted by molar-refractivity contribution is 0.162. The zero-order chi connectivity index (χ0) is 15.9. The maximum atomic E-state index is 10.3. The third kappa shape index (κ3) is 3.63. The highest BCUT2D eigenvalue weighted by atomic mass is 16.3. The molecule has 0 fully saturated rings. The molecule has 110 valence electrons. The van der Waals surface area contributed by atoms with E-state index < -0.39 is 6.10 Å². The van der Waals surface area contributed by atoms with Crippen molar-refractivity contribution in [3.05, 3.63) is 65.2 Å². The Labute approximate surface area is 130 Å². The molecule has 4 heteroatoms. The van der Waals surface area contributed by atoms with Gasteiger partial charge in [0.25, 0.3) is 0 Å². The molecule has 22 heavy (non-hydrogen) atoms. The summed E-state index contributed by atoms with van der Waals surface area (Å²) in [6.07, 6.45) is -0.113. The maximum Gasteiger partial charge on any atom is 0.101 e. The molecule has 2 aromatic rings. The van der Waals surface area contributed by atoms with Crippen molar-refractivity contribution in [3.63, 3.8) is 0 Å². The normalized spacial score (nSPS) is 12.7. The zero-order valence-electron chi connectivity index (χ0n) is 12.3. The summed E-state index contributed by atoms with van der Waals surface area (Å²) >= 11 is 0. The smallest absolute Gasteiger partial charge is 0.101 e. The molecule has 0 aliphatic carbocycles. The summed E-state index contributed by atoms with van der Waals surface area (Å²) in [5.41, 5.74) is 2.24. The van der Waals surface area contributed by atoms with Crippen LogP contribution in [-0.2, 0) is 0 Å². The van der Waals surface area contributed by atoms with Crippen LogP contribution in [0.15, 0.2) is 48.5 Å². The Balaban J connectivity index is 2.12. The van der Waals surface area contributed by atoms with Crippen LogP contribution < -0.4 is 5.32 Å². The minimum atomic E-state index is -0.594. The minimum absolute atomic E-state index is 0.0863. The molecule has 0 saturated carbocycles. The molecule has 0 aromatic heterocycles. The van der Waals surface area contributed by atoms with Gasteiger partial charge in [-0.3, -0.25) is 0 Å². The Kier molecular flexibility index (Phi) is 5.14. The number of para-hydroxylation sites is 1. The molecule has 2 unspecified atom stereocenters. The van der Waals surface area contributed by atoms with E-state index in [0.717, 1.165) is 5.56 Å². The molecule has 0 aliphatic heterocycles. The number of anilines is 1. The molecule has 2 atom stereocenters. The molecular formula is C18H17N3O. The lowest BCUT2D eigenvalue weighted by Gasteiger charge is -2.20. The highest BCUT2D eigenvalue weighted by molar-refractivity contribution is 5.66. The van der Waals surface area contributed by atoms with Gasteiger partial charge in [0, 0.05) is 6.04 Å². The summed E-state index contributed by atoms with van der Waals surface area (Å²) < 4.78 is 0. The maximum absolute atomic E-state index is 10.3. The van der Waals surface area contributed by atoms with Gasteiger partial charge in [0.05, 0.1) is 22.9 Å². The van der Waals surface area contributed by atoms with Crippen LogP contribution in [0.3, 0.4) is 0 Å². The number of hydrogen-bond donors (Lipinski definition) is 2. The largest absolute Gasteiger partial charge is 0.388 e. The Hall–Kier alpha value is -2.82. The van der Waals surface area contributed by atoms with Crippen LogP contribution >= 0.6 is 0 Å². The first-order chi connectivity index (χ1) is 10.7. The Bertz CT molecular complexity index is 681. The van der Waals surface area contributed by atoms with E-state index in [9.17, 15) is 5.11 Å². The molecule has 0 saturated heterocycles. The SMILES string of the molecule is CC(CC(O)c1ccccc1)Nc1c(C#N)cccc1C#N. The number of nitrogens with zero attached hydrogens (tertiary/aromatic N) is 2. The monoisotopic (exact) mass is 291 g/mol. The predicted molar refractivity (Wildman–Crippen MR) is 85.0 cm³/mol. The summed E-state index contributed by atoms with van der Waals surface area (Å²) in [5, 5.41) is 31.8. The standard InChI is InChI=1S/C18H17N3O/c1-13(10-17(22)14-6-3-2-4-7-14)21-18-15(11-19)8-5-9-16(18)12-20/h2-9,13,17,21-22H,10H2,1H3. The van der Waals surface area contributed by atoms with Gasteiger partial charge in [-0.1, -0.05) is 36.4 Å². The third-order valence-corrected chi connectivity index (χ3v) is 3.46. The van der Waals surface area contributed by atoms with Gasteiger partial charge in [-0.15, -0.1) is 0 Å². The van der Waals surface area contributed by atoms with Crippen molar-refractivity contribution in [3.8, 4) is 12.1 Å². The number of nitriles is 2. The van der Waals surface area contributed by atoms with Crippen LogP contribution in [0.2, 0.25) is 0 Å². The number of benzene rings is 2. The highest BCUT2D eigenvalue weighted by Crippen LogP contribution is 2.24. The molecular weight excluding hydrogens is 274 g/mol. The Morgan fingerprint density at radius 2 is 1.59 bits per heavy atom. The van der Waals surface area contributed by atoms with Crippen molar-refractivity contribution in [2.45, 2.75) is 25.5 Å². The fourth-order valence-corrected chi connectivity index (χ4v) is 2.35. The first kappa shape index (κ1) is 15.6. The summed E-state index contributed by atoms with van der Waals surface area (Å²) in [6, 6.07) is 18.5. The number of aliphatic hydroxyl groups is 1. The van der Waals surface area contributed by atoms with Gasteiger partial charge in [0.2, 0.25) is 0 Å². The zero-order valence-corrected chi connectivity index (χ0v) is 12.3. The van der Waals surface area contributed by atoms with Gasteiger partial charge in [-0.2, -0.15) is 10.5 Å². The first-order valence-electron chi connectivity index (χ1n) is 7.08.